The monoisotopic (exact) mass is 625 g/mol. The number of ether oxygens (including phenoxy) is 1. The van der Waals surface area contributed by atoms with Crippen LogP contribution in [0.15, 0.2) is 54.6 Å². The van der Waals surface area contributed by atoms with Gasteiger partial charge >= 0.3 is 12.3 Å². The number of hydrogen-bond acceptors (Lipinski definition) is 5. The van der Waals surface area contributed by atoms with Crippen molar-refractivity contribution in [3.05, 3.63) is 71.3 Å². The molecule has 1 saturated carbocycles. The van der Waals surface area contributed by atoms with Gasteiger partial charge < -0.3 is 14.5 Å². The van der Waals surface area contributed by atoms with Crippen molar-refractivity contribution in [1.29, 1.82) is 0 Å². The molecule has 1 spiro atoms. The normalized spacial score (nSPS) is 24.6. The van der Waals surface area contributed by atoms with E-state index >= 15 is 0 Å². The molecule has 4 fully saturated rings. The van der Waals surface area contributed by atoms with E-state index in [1.807, 2.05) is 40.1 Å². The van der Waals surface area contributed by atoms with Crippen LogP contribution in [0, 0.1) is 17.8 Å². The first-order valence-electron chi connectivity index (χ1n) is 16.3. The molecule has 3 saturated heterocycles. The summed E-state index contributed by atoms with van der Waals surface area (Å²) in [5.74, 6) is 0.706. The summed E-state index contributed by atoms with van der Waals surface area (Å²) in [6, 6.07) is 14.7. The number of rotatable bonds is 7. The van der Waals surface area contributed by atoms with Crippen LogP contribution in [0.3, 0.4) is 0 Å². The summed E-state index contributed by atoms with van der Waals surface area (Å²) >= 11 is 0. The molecule has 3 aliphatic heterocycles. The summed E-state index contributed by atoms with van der Waals surface area (Å²) in [5, 5.41) is 0. The maximum atomic E-state index is 13.3. The Morgan fingerprint density at radius 3 is 2.09 bits per heavy atom. The van der Waals surface area contributed by atoms with Crippen molar-refractivity contribution in [2.75, 3.05) is 39.3 Å². The molecule has 0 radical (unpaired) electrons. The maximum Gasteiger partial charge on any atom is 0.416 e. The minimum absolute atomic E-state index is 0.00786. The first-order valence-corrected chi connectivity index (χ1v) is 16.3. The van der Waals surface area contributed by atoms with Crippen LogP contribution in [0.2, 0.25) is 0 Å². The second kappa shape index (κ2) is 13.1. The van der Waals surface area contributed by atoms with Crippen molar-refractivity contribution in [3.8, 4) is 0 Å². The molecule has 0 unspecified atom stereocenters. The molecule has 7 nitrogen and oxygen atoms in total. The van der Waals surface area contributed by atoms with Gasteiger partial charge in [-0.3, -0.25) is 14.5 Å². The predicted octanol–water partition coefficient (Wildman–Crippen LogP) is 6.42. The summed E-state index contributed by atoms with van der Waals surface area (Å²) in [6.45, 7) is 4.47. The van der Waals surface area contributed by atoms with E-state index < -0.39 is 17.3 Å². The third kappa shape index (κ3) is 7.37. The number of halogens is 3. The van der Waals surface area contributed by atoms with Crippen molar-refractivity contribution in [2.45, 2.75) is 69.7 Å². The molecule has 2 aromatic rings. The van der Waals surface area contributed by atoms with Gasteiger partial charge in [0.25, 0.3) is 0 Å². The number of benzene rings is 2. The van der Waals surface area contributed by atoms with Crippen LogP contribution in [0.1, 0.15) is 72.9 Å². The SMILES string of the molecule is O=C(c1ccccc1)C1CCN(C(=O)C2CCC(CN3CC4(CCN(Cc5ccc(C(F)(F)F)cc5)CC4)OC3=O)CC2)CC1. The number of amides is 2. The zero-order valence-electron chi connectivity index (χ0n) is 25.6. The fourth-order valence-corrected chi connectivity index (χ4v) is 7.63. The lowest BCUT2D eigenvalue weighted by molar-refractivity contribution is -0.138. The molecule has 4 aliphatic rings. The largest absolute Gasteiger partial charge is 0.441 e. The van der Waals surface area contributed by atoms with Crippen LogP contribution in [0.5, 0.6) is 0 Å². The van der Waals surface area contributed by atoms with Crippen molar-refractivity contribution >= 4 is 17.8 Å². The van der Waals surface area contributed by atoms with Gasteiger partial charge in [-0.1, -0.05) is 42.5 Å². The van der Waals surface area contributed by atoms with Gasteiger partial charge in [-0.25, -0.2) is 4.79 Å². The van der Waals surface area contributed by atoms with E-state index in [1.54, 1.807) is 0 Å². The highest BCUT2D eigenvalue weighted by atomic mass is 19.4. The molecule has 0 bridgehead atoms. The Morgan fingerprint density at radius 2 is 1.47 bits per heavy atom. The Bertz CT molecular complexity index is 1340. The van der Waals surface area contributed by atoms with E-state index in [1.165, 1.54) is 12.1 Å². The summed E-state index contributed by atoms with van der Waals surface area (Å²) < 4.78 is 44.6. The van der Waals surface area contributed by atoms with Crippen molar-refractivity contribution in [3.63, 3.8) is 0 Å². The first-order chi connectivity index (χ1) is 21.6. The van der Waals surface area contributed by atoms with Gasteiger partial charge in [-0.15, -0.1) is 0 Å². The van der Waals surface area contributed by atoms with E-state index in [4.69, 9.17) is 4.74 Å². The smallest absolute Gasteiger partial charge is 0.416 e. The molecular formula is C35H42F3N3O4. The van der Waals surface area contributed by atoms with Crippen molar-refractivity contribution in [2.24, 2.45) is 17.8 Å². The van der Waals surface area contributed by atoms with E-state index in [0.717, 1.165) is 48.9 Å². The third-order valence-electron chi connectivity index (χ3n) is 10.4. The number of carbonyl (C=O) groups is 3. The number of piperidine rings is 2. The van der Waals surface area contributed by atoms with Crippen molar-refractivity contribution in [1.82, 2.24) is 14.7 Å². The van der Waals surface area contributed by atoms with Gasteiger partial charge in [0.05, 0.1) is 12.1 Å². The zero-order chi connectivity index (χ0) is 31.6. The maximum absolute atomic E-state index is 13.3. The molecule has 0 N–H and O–H groups in total. The Balaban J connectivity index is 0.916. The lowest BCUT2D eigenvalue weighted by atomic mass is 9.80. The topological polar surface area (TPSA) is 70.2 Å². The van der Waals surface area contributed by atoms with E-state index in [2.05, 4.69) is 4.90 Å². The van der Waals surface area contributed by atoms with Gasteiger partial charge in [-0.2, -0.15) is 13.2 Å². The van der Waals surface area contributed by atoms with Gasteiger partial charge in [0.15, 0.2) is 5.78 Å². The molecule has 2 amide bonds. The molecule has 2 aromatic carbocycles. The molecule has 6 rings (SSSR count). The second-order valence-electron chi connectivity index (χ2n) is 13.4. The first kappa shape index (κ1) is 31.6. The number of alkyl halides is 3. The number of likely N-dealkylation sites (tertiary alicyclic amines) is 2. The molecule has 3 heterocycles. The number of Topliss-reactive ketones (excluding diaryl/α,β-unsaturated/α-hetero) is 1. The summed E-state index contributed by atoms with van der Waals surface area (Å²) in [6.07, 6.45) is 1.65. The molecule has 45 heavy (non-hydrogen) atoms. The highest BCUT2D eigenvalue weighted by Gasteiger charge is 2.47. The highest BCUT2D eigenvalue weighted by Crippen LogP contribution is 2.37. The van der Waals surface area contributed by atoms with Crippen LogP contribution in [-0.4, -0.2) is 77.4 Å². The molecular weight excluding hydrogens is 583 g/mol. The Morgan fingerprint density at radius 1 is 0.822 bits per heavy atom. The predicted molar refractivity (Wildman–Crippen MR) is 162 cm³/mol. The standard InChI is InChI=1S/C35H42F3N3O4/c36-35(37,38)30-12-8-25(9-13-30)22-39-20-16-34(17-21-39)24-41(33(44)45-34)23-26-6-10-29(11-7-26)32(43)40-18-14-28(15-19-40)31(42)27-4-2-1-3-5-27/h1-5,8-9,12-13,26,28-29H,6-7,10-11,14-24H2. The number of carbonyl (C=O) groups excluding carboxylic acids is 3. The average Bonchev–Trinajstić information content (AvgIpc) is 3.35. The van der Waals surface area contributed by atoms with Crippen LogP contribution in [-0.2, 0) is 22.3 Å². The minimum atomic E-state index is -4.34. The molecule has 10 heteroatoms. The van der Waals surface area contributed by atoms with E-state index in [0.29, 0.717) is 77.4 Å². The van der Waals surface area contributed by atoms with Crippen LogP contribution < -0.4 is 0 Å². The van der Waals surface area contributed by atoms with E-state index in [-0.39, 0.29) is 29.6 Å². The van der Waals surface area contributed by atoms with Crippen LogP contribution in [0.4, 0.5) is 18.0 Å². The number of hydrogen-bond donors (Lipinski definition) is 0. The average molecular weight is 626 g/mol. The Kier molecular flexibility index (Phi) is 9.22. The highest BCUT2D eigenvalue weighted by molar-refractivity contribution is 5.98. The lowest BCUT2D eigenvalue weighted by Gasteiger charge is -2.38. The van der Waals surface area contributed by atoms with Crippen LogP contribution >= 0.6 is 0 Å². The summed E-state index contributed by atoms with van der Waals surface area (Å²) in [4.78, 5) is 45.0. The van der Waals surface area contributed by atoms with Crippen LogP contribution in [0.25, 0.3) is 0 Å². The third-order valence-corrected chi connectivity index (χ3v) is 10.4. The van der Waals surface area contributed by atoms with Gasteiger partial charge in [0.1, 0.15) is 5.60 Å². The summed E-state index contributed by atoms with van der Waals surface area (Å²) in [7, 11) is 0. The molecule has 0 aromatic heterocycles. The second-order valence-corrected chi connectivity index (χ2v) is 13.4. The fraction of sp³-hybridized carbons (Fsp3) is 0.571. The zero-order valence-corrected chi connectivity index (χ0v) is 25.6. The molecule has 1 aliphatic carbocycles. The van der Waals surface area contributed by atoms with Crippen molar-refractivity contribution < 1.29 is 32.3 Å². The summed E-state index contributed by atoms with van der Waals surface area (Å²) in [5.41, 5.74) is 0.432. The quantitative estimate of drug-likeness (QED) is 0.332. The van der Waals surface area contributed by atoms with Gasteiger partial charge in [-0.05, 0) is 62.1 Å². The molecule has 242 valence electrons. The number of ketones is 1. The fourth-order valence-electron chi connectivity index (χ4n) is 7.63. The lowest BCUT2D eigenvalue weighted by Crippen LogP contribution is -2.47. The van der Waals surface area contributed by atoms with Gasteiger partial charge in [0, 0.05) is 69.5 Å². The van der Waals surface area contributed by atoms with Gasteiger partial charge in [0.2, 0.25) is 5.91 Å². The Hall–Kier alpha value is -3.40. The minimum Gasteiger partial charge on any atom is -0.441 e. The Labute approximate surface area is 262 Å². The molecule has 0 atom stereocenters. The van der Waals surface area contributed by atoms with E-state index in [9.17, 15) is 27.6 Å². The number of nitrogens with zero attached hydrogens (tertiary/aromatic N) is 3.